The summed E-state index contributed by atoms with van der Waals surface area (Å²) in [6.07, 6.45) is 1.41. The molecule has 2 aromatic carbocycles. The maximum atomic E-state index is 11.8. The molecule has 1 atom stereocenters. The third-order valence-electron chi connectivity index (χ3n) is 4.94. The number of amides is 2. The van der Waals surface area contributed by atoms with E-state index in [4.69, 9.17) is 9.72 Å². The van der Waals surface area contributed by atoms with Gasteiger partial charge in [0.15, 0.2) is 0 Å². The number of carbonyl (C=O) groups is 2. The number of rotatable bonds is 9. The first kappa shape index (κ1) is 21.9. The van der Waals surface area contributed by atoms with Crippen molar-refractivity contribution in [2.75, 3.05) is 14.2 Å². The van der Waals surface area contributed by atoms with Crippen molar-refractivity contribution in [3.05, 3.63) is 72.2 Å². The molecule has 2 amide bonds. The molecule has 0 fully saturated rings. The van der Waals surface area contributed by atoms with E-state index in [0.29, 0.717) is 24.5 Å². The maximum Gasteiger partial charge on any atom is 0.405 e. The van der Waals surface area contributed by atoms with Crippen LogP contribution in [0, 0.1) is 0 Å². The number of carboxylic acid groups (broad SMARTS) is 1. The number of carbonyl (C=O) groups excluding carboxylic acids is 1. The number of aryl methyl sites for hydroxylation is 1. The van der Waals surface area contributed by atoms with Crippen molar-refractivity contribution >= 4 is 12.0 Å². The summed E-state index contributed by atoms with van der Waals surface area (Å²) in [7, 11) is 3.19. The van der Waals surface area contributed by atoms with Crippen molar-refractivity contribution in [3.63, 3.8) is 0 Å². The highest BCUT2D eigenvalue weighted by molar-refractivity contribution is 5.75. The summed E-state index contributed by atoms with van der Waals surface area (Å²) in [6, 6.07) is 16.5. The standard InChI is InChI=1S/C23H26N4O4/c1-24-21(28)12-13-27-15-20(17-8-10-18(31-2)11-9-17)25-22(27)19(26-23(29)30)14-16-6-4-3-5-7-16/h3-11,15,19,26H,12-14H2,1-2H3,(H,24,28)(H,29,30). The molecule has 0 bridgehead atoms. The molecule has 0 aliphatic rings. The number of benzene rings is 2. The van der Waals surface area contributed by atoms with Gasteiger partial charge >= 0.3 is 6.09 Å². The second kappa shape index (κ2) is 10.3. The van der Waals surface area contributed by atoms with Gasteiger partial charge in [-0.3, -0.25) is 4.79 Å². The molecule has 3 aromatic rings. The number of hydrogen-bond donors (Lipinski definition) is 3. The lowest BCUT2D eigenvalue weighted by Gasteiger charge is -2.18. The fourth-order valence-corrected chi connectivity index (χ4v) is 3.34. The number of ether oxygens (including phenoxy) is 1. The quantitative estimate of drug-likeness (QED) is 0.491. The molecule has 1 aromatic heterocycles. The smallest absolute Gasteiger partial charge is 0.405 e. The van der Waals surface area contributed by atoms with Gasteiger partial charge in [0.2, 0.25) is 5.91 Å². The number of imidazole rings is 1. The fourth-order valence-electron chi connectivity index (χ4n) is 3.34. The first-order chi connectivity index (χ1) is 15.0. The molecule has 0 aliphatic heterocycles. The van der Waals surface area contributed by atoms with Crippen LogP contribution in [0.4, 0.5) is 4.79 Å². The van der Waals surface area contributed by atoms with Crippen LogP contribution in [-0.4, -0.2) is 40.8 Å². The lowest BCUT2D eigenvalue weighted by molar-refractivity contribution is -0.120. The molecule has 0 saturated carbocycles. The minimum Gasteiger partial charge on any atom is -0.497 e. The minimum atomic E-state index is -1.13. The summed E-state index contributed by atoms with van der Waals surface area (Å²) >= 11 is 0. The highest BCUT2D eigenvalue weighted by Crippen LogP contribution is 2.26. The van der Waals surface area contributed by atoms with Crippen LogP contribution in [0.1, 0.15) is 23.9 Å². The summed E-state index contributed by atoms with van der Waals surface area (Å²) in [5.41, 5.74) is 2.54. The summed E-state index contributed by atoms with van der Waals surface area (Å²) < 4.78 is 7.06. The molecule has 0 saturated heterocycles. The van der Waals surface area contributed by atoms with Gasteiger partial charge in [-0.25, -0.2) is 9.78 Å². The number of aromatic nitrogens is 2. The fraction of sp³-hybridized carbons (Fsp3) is 0.261. The lowest BCUT2D eigenvalue weighted by Crippen LogP contribution is -2.31. The Balaban J connectivity index is 1.98. The number of nitrogens with one attached hydrogen (secondary N) is 2. The van der Waals surface area contributed by atoms with Gasteiger partial charge in [-0.05, 0) is 29.8 Å². The maximum absolute atomic E-state index is 11.8. The average molecular weight is 422 g/mol. The molecule has 3 N–H and O–H groups in total. The molecule has 3 rings (SSSR count). The Morgan fingerprint density at radius 1 is 1.13 bits per heavy atom. The molecule has 0 radical (unpaired) electrons. The Labute approximate surface area is 180 Å². The molecule has 31 heavy (non-hydrogen) atoms. The third-order valence-corrected chi connectivity index (χ3v) is 4.94. The van der Waals surface area contributed by atoms with Gasteiger partial charge in [0.05, 0.1) is 18.8 Å². The van der Waals surface area contributed by atoms with Crippen LogP contribution >= 0.6 is 0 Å². The van der Waals surface area contributed by atoms with E-state index < -0.39 is 12.1 Å². The third kappa shape index (κ3) is 5.85. The van der Waals surface area contributed by atoms with Crippen LogP contribution in [0.15, 0.2) is 60.8 Å². The normalized spacial score (nSPS) is 11.5. The van der Waals surface area contributed by atoms with Crippen LogP contribution in [0.25, 0.3) is 11.3 Å². The second-order valence-corrected chi connectivity index (χ2v) is 7.02. The molecule has 0 spiro atoms. The van der Waals surface area contributed by atoms with Crippen LogP contribution in [0.3, 0.4) is 0 Å². The zero-order chi connectivity index (χ0) is 22.2. The molecule has 162 valence electrons. The van der Waals surface area contributed by atoms with E-state index in [1.54, 1.807) is 14.2 Å². The minimum absolute atomic E-state index is 0.101. The monoisotopic (exact) mass is 422 g/mol. The Bertz CT molecular complexity index is 1020. The van der Waals surface area contributed by atoms with Crippen molar-refractivity contribution in [1.29, 1.82) is 0 Å². The van der Waals surface area contributed by atoms with E-state index in [0.717, 1.165) is 16.9 Å². The highest BCUT2D eigenvalue weighted by Gasteiger charge is 2.22. The Morgan fingerprint density at radius 3 is 2.45 bits per heavy atom. The van der Waals surface area contributed by atoms with Crippen LogP contribution in [-0.2, 0) is 17.8 Å². The van der Waals surface area contributed by atoms with Crippen LogP contribution < -0.4 is 15.4 Å². The van der Waals surface area contributed by atoms with E-state index in [9.17, 15) is 14.7 Å². The molecule has 8 heteroatoms. The average Bonchev–Trinajstić information content (AvgIpc) is 3.21. The Hall–Kier alpha value is -3.81. The van der Waals surface area contributed by atoms with E-state index in [1.807, 2.05) is 65.4 Å². The molecular weight excluding hydrogens is 396 g/mol. The van der Waals surface area contributed by atoms with Crippen molar-refractivity contribution in [1.82, 2.24) is 20.2 Å². The van der Waals surface area contributed by atoms with E-state index in [2.05, 4.69) is 10.6 Å². The second-order valence-electron chi connectivity index (χ2n) is 7.02. The molecule has 0 aliphatic carbocycles. The van der Waals surface area contributed by atoms with Crippen molar-refractivity contribution in [2.45, 2.75) is 25.4 Å². The van der Waals surface area contributed by atoms with Crippen LogP contribution in [0.5, 0.6) is 5.75 Å². The number of methoxy groups -OCH3 is 1. The Kier molecular flexibility index (Phi) is 7.26. The van der Waals surface area contributed by atoms with E-state index in [-0.39, 0.29) is 12.3 Å². The SMILES string of the molecule is CNC(=O)CCn1cc(-c2ccc(OC)cc2)nc1C(Cc1ccccc1)NC(=O)O. The lowest BCUT2D eigenvalue weighted by atomic mass is 10.1. The van der Waals surface area contributed by atoms with Gasteiger partial charge in [-0.15, -0.1) is 0 Å². The van der Waals surface area contributed by atoms with Crippen molar-refractivity contribution < 1.29 is 19.4 Å². The Morgan fingerprint density at radius 2 is 1.84 bits per heavy atom. The van der Waals surface area contributed by atoms with Gasteiger partial charge in [0.25, 0.3) is 0 Å². The van der Waals surface area contributed by atoms with Gasteiger partial charge in [0, 0.05) is 38.2 Å². The van der Waals surface area contributed by atoms with Gasteiger partial charge in [-0.2, -0.15) is 0 Å². The molecule has 1 heterocycles. The first-order valence-electron chi connectivity index (χ1n) is 9.95. The first-order valence-corrected chi connectivity index (χ1v) is 9.95. The zero-order valence-corrected chi connectivity index (χ0v) is 17.5. The van der Waals surface area contributed by atoms with E-state index >= 15 is 0 Å². The van der Waals surface area contributed by atoms with Gasteiger partial charge in [-0.1, -0.05) is 30.3 Å². The van der Waals surface area contributed by atoms with Crippen molar-refractivity contribution in [2.24, 2.45) is 0 Å². The summed E-state index contributed by atoms with van der Waals surface area (Å²) in [6.45, 7) is 0.380. The largest absolute Gasteiger partial charge is 0.497 e. The predicted octanol–water partition coefficient (Wildman–Crippen LogP) is 3.25. The molecule has 8 nitrogen and oxygen atoms in total. The van der Waals surface area contributed by atoms with Gasteiger partial charge < -0.3 is 25.0 Å². The summed E-state index contributed by atoms with van der Waals surface area (Å²) in [4.78, 5) is 28.1. The molecule has 1 unspecified atom stereocenters. The van der Waals surface area contributed by atoms with E-state index in [1.165, 1.54) is 0 Å². The zero-order valence-electron chi connectivity index (χ0n) is 17.5. The summed E-state index contributed by atoms with van der Waals surface area (Å²) in [5.74, 6) is 1.19. The van der Waals surface area contributed by atoms with Gasteiger partial charge in [0.1, 0.15) is 11.6 Å². The number of hydrogen-bond acceptors (Lipinski definition) is 4. The topological polar surface area (TPSA) is 105 Å². The number of nitrogens with zero attached hydrogens (tertiary/aromatic N) is 2. The van der Waals surface area contributed by atoms with Crippen molar-refractivity contribution in [3.8, 4) is 17.0 Å². The predicted molar refractivity (Wildman–Crippen MR) is 117 cm³/mol. The van der Waals surface area contributed by atoms with Crippen LogP contribution in [0.2, 0.25) is 0 Å². The highest BCUT2D eigenvalue weighted by atomic mass is 16.5. The summed E-state index contributed by atoms with van der Waals surface area (Å²) in [5, 5.41) is 14.6. The molecular formula is C23H26N4O4.